The zero-order valence-corrected chi connectivity index (χ0v) is 16.9. The molecule has 0 aliphatic carbocycles. The number of fused-ring (bicyclic) bond motifs is 2. The summed E-state index contributed by atoms with van der Waals surface area (Å²) in [6.07, 6.45) is 0.674. The molecule has 1 aromatic carbocycles. The van der Waals surface area contributed by atoms with Gasteiger partial charge in [-0.3, -0.25) is 19.1 Å². The SMILES string of the molecule is CCCn1c(=O)[nH]c(=O)c2c(C(=O)Nc3ccc4c(c3)OCO4)cc(C(C)C)nc21. The van der Waals surface area contributed by atoms with Gasteiger partial charge in [0.25, 0.3) is 11.5 Å². The first kappa shape index (κ1) is 19.7. The normalized spacial score (nSPS) is 12.5. The predicted octanol–water partition coefficient (Wildman–Crippen LogP) is 2.60. The maximum absolute atomic E-state index is 13.2. The summed E-state index contributed by atoms with van der Waals surface area (Å²) >= 11 is 0. The first-order valence-corrected chi connectivity index (χ1v) is 9.77. The van der Waals surface area contributed by atoms with Gasteiger partial charge < -0.3 is 14.8 Å². The summed E-state index contributed by atoms with van der Waals surface area (Å²) < 4.78 is 12.0. The molecule has 0 spiro atoms. The quantitative estimate of drug-likeness (QED) is 0.668. The number of carbonyl (C=O) groups excluding carboxylic acids is 1. The number of pyridine rings is 1. The molecule has 0 radical (unpaired) electrons. The van der Waals surface area contributed by atoms with Crippen molar-refractivity contribution >= 4 is 22.6 Å². The van der Waals surface area contributed by atoms with Crippen LogP contribution in [0.2, 0.25) is 0 Å². The number of aromatic nitrogens is 3. The minimum Gasteiger partial charge on any atom is -0.454 e. The Labute approximate surface area is 171 Å². The van der Waals surface area contributed by atoms with Crippen LogP contribution in [0, 0.1) is 0 Å². The van der Waals surface area contributed by atoms with Gasteiger partial charge in [0.2, 0.25) is 6.79 Å². The highest BCUT2D eigenvalue weighted by Gasteiger charge is 2.21. The Kier molecular flexibility index (Phi) is 5.03. The molecule has 0 unspecified atom stereocenters. The fourth-order valence-electron chi connectivity index (χ4n) is 3.37. The number of nitrogens with one attached hydrogen (secondary N) is 2. The van der Waals surface area contributed by atoms with Gasteiger partial charge in [-0.2, -0.15) is 0 Å². The van der Waals surface area contributed by atoms with Crippen LogP contribution in [0.1, 0.15) is 49.2 Å². The molecule has 2 N–H and O–H groups in total. The van der Waals surface area contributed by atoms with E-state index in [2.05, 4.69) is 15.3 Å². The van der Waals surface area contributed by atoms with E-state index in [0.29, 0.717) is 35.8 Å². The Morgan fingerprint density at radius 3 is 2.73 bits per heavy atom. The van der Waals surface area contributed by atoms with Crippen LogP contribution in [0.25, 0.3) is 11.0 Å². The van der Waals surface area contributed by atoms with E-state index in [4.69, 9.17) is 9.47 Å². The van der Waals surface area contributed by atoms with Gasteiger partial charge in [-0.25, -0.2) is 9.78 Å². The second-order valence-electron chi connectivity index (χ2n) is 7.38. The predicted molar refractivity (Wildman–Crippen MR) is 112 cm³/mol. The van der Waals surface area contributed by atoms with Crippen LogP contribution in [-0.2, 0) is 6.54 Å². The molecule has 30 heavy (non-hydrogen) atoms. The van der Waals surface area contributed by atoms with Gasteiger partial charge in [0, 0.05) is 24.0 Å². The van der Waals surface area contributed by atoms with Crippen LogP contribution >= 0.6 is 0 Å². The van der Waals surface area contributed by atoms with Crippen molar-refractivity contribution in [2.75, 3.05) is 12.1 Å². The van der Waals surface area contributed by atoms with Gasteiger partial charge in [-0.1, -0.05) is 20.8 Å². The third-order valence-electron chi connectivity index (χ3n) is 4.88. The first-order chi connectivity index (χ1) is 14.4. The van der Waals surface area contributed by atoms with Crippen molar-refractivity contribution in [1.29, 1.82) is 0 Å². The summed E-state index contributed by atoms with van der Waals surface area (Å²) in [5.41, 5.74) is 0.317. The molecule has 2 aromatic heterocycles. The Hall–Kier alpha value is -3.62. The van der Waals surface area contributed by atoms with Crippen LogP contribution in [-0.4, -0.2) is 27.2 Å². The zero-order valence-electron chi connectivity index (χ0n) is 16.9. The standard InChI is InChI=1S/C21H22N4O5/c1-4-7-25-18-17(20(27)24-21(25)28)13(9-14(23-18)11(2)3)19(26)22-12-5-6-15-16(8-12)30-10-29-15/h5-6,8-9,11H,4,7,10H2,1-3H3,(H,22,26)(H,24,27,28). The molecule has 0 fully saturated rings. The van der Waals surface area contributed by atoms with Gasteiger partial charge >= 0.3 is 5.69 Å². The average molecular weight is 410 g/mol. The summed E-state index contributed by atoms with van der Waals surface area (Å²) in [5.74, 6) is 0.653. The number of hydrogen-bond acceptors (Lipinski definition) is 6. The lowest BCUT2D eigenvalue weighted by atomic mass is 10.0. The van der Waals surface area contributed by atoms with E-state index in [1.54, 1.807) is 24.3 Å². The topological polar surface area (TPSA) is 115 Å². The number of amides is 1. The Morgan fingerprint density at radius 2 is 2.00 bits per heavy atom. The summed E-state index contributed by atoms with van der Waals surface area (Å²) in [6, 6.07) is 6.65. The van der Waals surface area contributed by atoms with E-state index in [-0.39, 0.29) is 29.3 Å². The van der Waals surface area contributed by atoms with Crippen LogP contribution in [0.3, 0.4) is 0 Å². The zero-order chi connectivity index (χ0) is 21.4. The molecular formula is C21H22N4O5. The molecule has 1 aliphatic heterocycles. The van der Waals surface area contributed by atoms with Crippen LogP contribution in [0.4, 0.5) is 5.69 Å². The molecule has 0 saturated heterocycles. The van der Waals surface area contributed by atoms with Crippen LogP contribution < -0.4 is 26.0 Å². The molecule has 1 amide bonds. The fraction of sp³-hybridized carbons (Fsp3) is 0.333. The average Bonchev–Trinajstić information content (AvgIpc) is 3.17. The Balaban J connectivity index is 1.86. The highest BCUT2D eigenvalue weighted by Crippen LogP contribution is 2.34. The van der Waals surface area contributed by atoms with Crippen molar-refractivity contribution in [1.82, 2.24) is 14.5 Å². The summed E-state index contributed by atoms with van der Waals surface area (Å²) in [4.78, 5) is 45.0. The molecular weight excluding hydrogens is 388 g/mol. The van der Waals surface area contributed by atoms with E-state index >= 15 is 0 Å². The summed E-state index contributed by atoms with van der Waals surface area (Å²) in [5, 5.41) is 2.89. The van der Waals surface area contributed by atoms with Crippen molar-refractivity contribution in [2.45, 2.75) is 39.7 Å². The number of hydrogen-bond donors (Lipinski definition) is 2. The third kappa shape index (κ3) is 3.42. The second-order valence-corrected chi connectivity index (χ2v) is 7.38. The van der Waals surface area contributed by atoms with Crippen molar-refractivity contribution in [3.05, 3.63) is 56.4 Å². The maximum Gasteiger partial charge on any atom is 0.329 e. The van der Waals surface area contributed by atoms with Crippen LogP contribution in [0.5, 0.6) is 11.5 Å². The molecule has 3 aromatic rings. The van der Waals surface area contributed by atoms with Crippen molar-refractivity contribution in [2.24, 2.45) is 0 Å². The van der Waals surface area contributed by atoms with Crippen molar-refractivity contribution in [3.63, 3.8) is 0 Å². The van der Waals surface area contributed by atoms with Gasteiger partial charge in [0.1, 0.15) is 0 Å². The van der Waals surface area contributed by atoms with E-state index in [1.165, 1.54) is 4.57 Å². The molecule has 9 nitrogen and oxygen atoms in total. The molecule has 3 heterocycles. The lowest BCUT2D eigenvalue weighted by Gasteiger charge is -2.14. The maximum atomic E-state index is 13.2. The first-order valence-electron chi connectivity index (χ1n) is 9.77. The van der Waals surface area contributed by atoms with E-state index < -0.39 is 17.2 Å². The number of nitrogens with zero attached hydrogens (tertiary/aromatic N) is 2. The number of rotatable bonds is 5. The fourth-order valence-corrected chi connectivity index (χ4v) is 3.37. The van der Waals surface area contributed by atoms with Crippen LogP contribution in [0.15, 0.2) is 33.9 Å². The van der Waals surface area contributed by atoms with Gasteiger partial charge in [-0.05, 0) is 30.5 Å². The largest absolute Gasteiger partial charge is 0.454 e. The minimum absolute atomic E-state index is 0.00374. The molecule has 9 heteroatoms. The molecule has 1 aliphatic rings. The third-order valence-corrected chi connectivity index (χ3v) is 4.88. The Morgan fingerprint density at radius 1 is 1.23 bits per heavy atom. The highest BCUT2D eigenvalue weighted by molar-refractivity contribution is 6.12. The summed E-state index contributed by atoms with van der Waals surface area (Å²) in [6.45, 7) is 6.29. The van der Waals surface area contributed by atoms with E-state index in [0.717, 1.165) is 0 Å². The minimum atomic E-state index is -0.638. The lowest BCUT2D eigenvalue weighted by Crippen LogP contribution is -2.32. The lowest BCUT2D eigenvalue weighted by molar-refractivity contribution is 0.102. The number of carbonyl (C=O) groups is 1. The Bertz CT molecular complexity index is 1260. The monoisotopic (exact) mass is 410 g/mol. The van der Waals surface area contributed by atoms with Gasteiger partial charge in [-0.15, -0.1) is 0 Å². The smallest absolute Gasteiger partial charge is 0.329 e. The number of ether oxygens (including phenoxy) is 2. The number of anilines is 1. The van der Waals surface area contributed by atoms with E-state index in [1.807, 2.05) is 20.8 Å². The molecule has 156 valence electrons. The number of aromatic amines is 1. The number of aryl methyl sites for hydroxylation is 1. The number of benzene rings is 1. The van der Waals surface area contributed by atoms with Crippen molar-refractivity contribution < 1.29 is 14.3 Å². The van der Waals surface area contributed by atoms with Gasteiger partial charge in [0.05, 0.1) is 10.9 Å². The molecule has 0 atom stereocenters. The molecule has 0 bridgehead atoms. The molecule has 4 rings (SSSR count). The molecule has 0 saturated carbocycles. The second kappa shape index (κ2) is 7.66. The van der Waals surface area contributed by atoms with E-state index in [9.17, 15) is 14.4 Å². The van der Waals surface area contributed by atoms with Gasteiger partial charge in [0.15, 0.2) is 17.1 Å². The highest BCUT2D eigenvalue weighted by atomic mass is 16.7. The number of H-pyrrole nitrogens is 1. The summed E-state index contributed by atoms with van der Waals surface area (Å²) in [7, 11) is 0. The van der Waals surface area contributed by atoms with Crippen molar-refractivity contribution in [3.8, 4) is 11.5 Å².